The SMILES string of the molecule is O=C(CSc1ncnc2scc(-c3ccccc3)c12)Nc1cc(S(=O)(=O)N2CCOCC2)ccc1Cl. The predicted molar refractivity (Wildman–Crippen MR) is 143 cm³/mol. The van der Waals surface area contributed by atoms with Crippen molar-refractivity contribution in [2.45, 2.75) is 9.92 Å². The molecule has 5 rings (SSSR count). The highest BCUT2D eigenvalue weighted by Gasteiger charge is 2.27. The molecule has 0 aliphatic carbocycles. The summed E-state index contributed by atoms with van der Waals surface area (Å²) < 4.78 is 32.6. The molecule has 0 saturated carbocycles. The van der Waals surface area contributed by atoms with Gasteiger partial charge in [0.25, 0.3) is 0 Å². The average Bonchev–Trinajstić information content (AvgIpc) is 3.35. The third-order valence-corrected chi connectivity index (χ3v) is 9.68. The number of amides is 1. The van der Waals surface area contributed by atoms with Crippen molar-refractivity contribution in [2.24, 2.45) is 0 Å². The fourth-order valence-electron chi connectivity index (χ4n) is 3.80. The van der Waals surface area contributed by atoms with Gasteiger partial charge in [0.2, 0.25) is 15.9 Å². The van der Waals surface area contributed by atoms with E-state index < -0.39 is 10.0 Å². The van der Waals surface area contributed by atoms with Gasteiger partial charge in [0.15, 0.2) is 0 Å². The summed E-state index contributed by atoms with van der Waals surface area (Å²) in [5.41, 5.74) is 2.31. The second-order valence-corrected chi connectivity index (χ2v) is 12.0. The van der Waals surface area contributed by atoms with Gasteiger partial charge in [0.05, 0.1) is 40.0 Å². The first-order valence-corrected chi connectivity index (χ1v) is 14.7. The molecule has 1 aliphatic rings. The maximum Gasteiger partial charge on any atom is 0.243 e. The number of thioether (sulfide) groups is 1. The number of halogens is 1. The minimum Gasteiger partial charge on any atom is -0.379 e. The van der Waals surface area contributed by atoms with Crippen molar-refractivity contribution in [3.8, 4) is 11.1 Å². The van der Waals surface area contributed by atoms with E-state index in [9.17, 15) is 13.2 Å². The smallest absolute Gasteiger partial charge is 0.243 e. The zero-order chi connectivity index (χ0) is 25.1. The molecule has 1 N–H and O–H groups in total. The van der Waals surface area contributed by atoms with Crippen LogP contribution in [0, 0.1) is 0 Å². The van der Waals surface area contributed by atoms with Crippen LogP contribution in [0.1, 0.15) is 0 Å². The Hall–Kier alpha value is -2.54. The number of ether oxygens (including phenoxy) is 1. The van der Waals surface area contributed by atoms with Crippen molar-refractivity contribution in [1.82, 2.24) is 14.3 Å². The zero-order valence-corrected chi connectivity index (χ0v) is 22.1. The van der Waals surface area contributed by atoms with Crippen molar-refractivity contribution in [1.29, 1.82) is 0 Å². The number of fused-ring (bicyclic) bond motifs is 1. The largest absolute Gasteiger partial charge is 0.379 e. The molecule has 0 radical (unpaired) electrons. The van der Waals surface area contributed by atoms with Crippen molar-refractivity contribution in [3.05, 3.63) is 65.3 Å². The Morgan fingerprint density at radius 3 is 2.69 bits per heavy atom. The molecular formula is C24H21ClN4O4S3. The summed E-state index contributed by atoms with van der Waals surface area (Å²) in [6.07, 6.45) is 1.49. The summed E-state index contributed by atoms with van der Waals surface area (Å²) in [7, 11) is -3.72. The molecule has 186 valence electrons. The fourth-order valence-corrected chi connectivity index (χ4v) is 7.20. The van der Waals surface area contributed by atoms with Crippen LogP contribution in [0.3, 0.4) is 0 Å². The first kappa shape index (κ1) is 25.1. The van der Waals surface area contributed by atoms with Crippen LogP contribution >= 0.6 is 34.7 Å². The van der Waals surface area contributed by atoms with Crippen LogP contribution in [0.5, 0.6) is 0 Å². The normalized spacial score (nSPS) is 14.7. The van der Waals surface area contributed by atoms with E-state index in [2.05, 4.69) is 15.3 Å². The quantitative estimate of drug-likeness (QED) is 0.257. The van der Waals surface area contributed by atoms with Crippen LogP contribution in [0.4, 0.5) is 5.69 Å². The molecule has 2 aromatic carbocycles. The third-order valence-electron chi connectivity index (χ3n) is 5.58. The molecule has 3 heterocycles. The van der Waals surface area contributed by atoms with Crippen LogP contribution in [0.15, 0.2) is 70.2 Å². The van der Waals surface area contributed by atoms with Crippen LogP contribution in [0.2, 0.25) is 5.02 Å². The fraction of sp³-hybridized carbons (Fsp3) is 0.208. The second-order valence-electron chi connectivity index (χ2n) is 7.87. The van der Waals surface area contributed by atoms with Gasteiger partial charge in [-0.3, -0.25) is 4.79 Å². The van der Waals surface area contributed by atoms with Gasteiger partial charge in [-0.05, 0) is 23.8 Å². The number of carbonyl (C=O) groups excluding carboxylic acids is 1. The lowest BCUT2D eigenvalue weighted by molar-refractivity contribution is -0.113. The van der Waals surface area contributed by atoms with Crippen molar-refractivity contribution in [3.63, 3.8) is 0 Å². The van der Waals surface area contributed by atoms with Gasteiger partial charge in [-0.15, -0.1) is 11.3 Å². The highest BCUT2D eigenvalue weighted by atomic mass is 35.5. The van der Waals surface area contributed by atoms with Gasteiger partial charge in [-0.1, -0.05) is 53.7 Å². The molecule has 36 heavy (non-hydrogen) atoms. The van der Waals surface area contributed by atoms with Crippen LogP contribution in [-0.2, 0) is 19.6 Å². The average molecular weight is 561 g/mol. The van der Waals surface area contributed by atoms with E-state index in [1.165, 1.54) is 51.9 Å². The molecule has 0 spiro atoms. The van der Waals surface area contributed by atoms with Crippen molar-refractivity contribution < 1.29 is 17.9 Å². The van der Waals surface area contributed by atoms with Crippen LogP contribution < -0.4 is 5.32 Å². The van der Waals surface area contributed by atoms with E-state index in [1.807, 2.05) is 35.7 Å². The van der Waals surface area contributed by atoms with Gasteiger partial charge >= 0.3 is 0 Å². The summed E-state index contributed by atoms with van der Waals surface area (Å²) in [4.78, 5) is 22.5. The minimum atomic E-state index is -3.72. The summed E-state index contributed by atoms with van der Waals surface area (Å²) >= 11 is 9.09. The van der Waals surface area contributed by atoms with E-state index in [-0.39, 0.29) is 40.4 Å². The Labute approximate surface area is 221 Å². The Kier molecular flexibility index (Phi) is 7.56. The number of benzene rings is 2. The first-order valence-electron chi connectivity index (χ1n) is 11.0. The standard InChI is InChI=1S/C24H21ClN4O4S3/c25-19-7-6-17(36(31,32)29-8-10-33-11-9-29)12-20(19)28-21(30)14-35-24-22-18(16-4-2-1-3-5-16)13-34-23(22)26-15-27-24/h1-7,12-13,15H,8-11,14H2,(H,28,30). The highest BCUT2D eigenvalue weighted by molar-refractivity contribution is 8.00. The Morgan fingerprint density at radius 2 is 1.92 bits per heavy atom. The van der Waals surface area contributed by atoms with E-state index in [0.717, 1.165) is 21.3 Å². The molecule has 0 bridgehead atoms. The lowest BCUT2D eigenvalue weighted by atomic mass is 10.1. The summed E-state index contributed by atoms with van der Waals surface area (Å²) in [6.45, 7) is 1.26. The number of hydrogen-bond donors (Lipinski definition) is 1. The van der Waals surface area contributed by atoms with Crippen LogP contribution in [-0.4, -0.2) is 60.7 Å². The molecule has 4 aromatic rings. The van der Waals surface area contributed by atoms with Crippen LogP contribution in [0.25, 0.3) is 21.3 Å². The van der Waals surface area contributed by atoms with E-state index in [0.29, 0.717) is 18.2 Å². The predicted octanol–water partition coefficient (Wildman–Crippen LogP) is 4.76. The highest BCUT2D eigenvalue weighted by Crippen LogP contribution is 2.38. The summed E-state index contributed by atoms with van der Waals surface area (Å²) in [5, 5.41) is 6.64. The second kappa shape index (κ2) is 10.8. The van der Waals surface area contributed by atoms with E-state index in [4.69, 9.17) is 16.3 Å². The van der Waals surface area contributed by atoms with Crippen molar-refractivity contribution >= 4 is 66.5 Å². The number of sulfonamides is 1. The molecule has 1 amide bonds. The number of thiophene rings is 1. The zero-order valence-electron chi connectivity index (χ0n) is 18.9. The molecule has 0 atom stereocenters. The molecule has 1 saturated heterocycles. The van der Waals surface area contributed by atoms with E-state index in [1.54, 1.807) is 0 Å². The van der Waals surface area contributed by atoms with E-state index >= 15 is 0 Å². The molecule has 8 nitrogen and oxygen atoms in total. The molecule has 2 aromatic heterocycles. The number of anilines is 1. The third kappa shape index (κ3) is 5.26. The lowest BCUT2D eigenvalue weighted by Crippen LogP contribution is -2.40. The number of rotatable bonds is 7. The Bertz CT molecular complexity index is 1510. The summed E-state index contributed by atoms with van der Waals surface area (Å²) in [6, 6.07) is 14.3. The van der Waals surface area contributed by atoms with Gasteiger partial charge in [0, 0.05) is 24.0 Å². The number of morpholine rings is 1. The summed E-state index contributed by atoms with van der Waals surface area (Å²) in [5.74, 6) is -0.265. The van der Waals surface area contributed by atoms with Gasteiger partial charge in [0.1, 0.15) is 16.2 Å². The maximum atomic E-state index is 13.0. The Balaban J connectivity index is 1.33. The Morgan fingerprint density at radius 1 is 1.14 bits per heavy atom. The molecule has 1 fully saturated rings. The molecule has 12 heteroatoms. The maximum absolute atomic E-state index is 13.0. The monoisotopic (exact) mass is 560 g/mol. The van der Waals surface area contributed by atoms with Gasteiger partial charge in [-0.2, -0.15) is 4.31 Å². The molecule has 0 unspecified atom stereocenters. The topological polar surface area (TPSA) is 101 Å². The van der Waals surface area contributed by atoms with Gasteiger partial charge in [-0.25, -0.2) is 18.4 Å². The number of nitrogens with one attached hydrogen (secondary N) is 1. The molecule has 1 aliphatic heterocycles. The minimum absolute atomic E-state index is 0.0625. The molecular weight excluding hydrogens is 540 g/mol. The number of hydrogen-bond acceptors (Lipinski definition) is 8. The number of aromatic nitrogens is 2. The van der Waals surface area contributed by atoms with Gasteiger partial charge < -0.3 is 10.1 Å². The lowest BCUT2D eigenvalue weighted by Gasteiger charge is -2.26. The van der Waals surface area contributed by atoms with Crippen molar-refractivity contribution in [2.75, 3.05) is 37.4 Å². The number of nitrogens with zero attached hydrogens (tertiary/aromatic N) is 3. The first-order chi connectivity index (χ1) is 17.4. The number of carbonyl (C=O) groups is 1.